The predicted octanol–water partition coefficient (Wildman–Crippen LogP) is 1.18. The van der Waals surface area contributed by atoms with Gasteiger partial charge in [0.25, 0.3) is 0 Å². The summed E-state index contributed by atoms with van der Waals surface area (Å²) in [6.45, 7) is 4.97. The third-order valence-electron chi connectivity index (χ3n) is 3.27. The number of nitrogens with one attached hydrogen (secondary N) is 1. The third-order valence-corrected chi connectivity index (χ3v) is 3.27. The quantitative estimate of drug-likeness (QED) is 0.803. The SMILES string of the molecule is CCc1nnc(NCC2CC(O)C2)nc1CC. The van der Waals surface area contributed by atoms with E-state index in [-0.39, 0.29) is 6.10 Å². The van der Waals surface area contributed by atoms with Crippen molar-refractivity contribution in [3.63, 3.8) is 0 Å². The molecule has 2 rings (SSSR count). The van der Waals surface area contributed by atoms with E-state index in [1.54, 1.807) is 0 Å². The van der Waals surface area contributed by atoms with Gasteiger partial charge >= 0.3 is 0 Å². The number of aryl methyl sites for hydroxylation is 2. The van der Waals surface area contributed by atoms with Gasteiger partial charge in [-0.25, -0.2) is 4.98 Å². The summed E-state index contributed by atoms with van der Waals surface area (Å²) in [4.78, 5) is 4.46. The van der Waals surface area contributed by atoms with Crippen molar-refractivity contribution in [2.24, 2.45) is 5.92 Å². The Bertz CT molecular complexity index is 377. The Labute approximate surface area is 102 Å². The van der Waals surface area contributed by atoms with Crippen LogP contribution in [0.15, 0.2) is 0 Å². The molecule has 0 saturated heterocycles. The van der Waals surface area contributed by atoms with Crippen LogP contribution in [0.3, 0.4) is 0 Å². The number of anilines is 1. The van der Waals surface area contributed by atoms with E-state index in [4.69, 9.17) is 0 Å². The number of aliphatic hydroxyl groups is 1. The third kappa shape index (κ3) is 2.91. The van der Waals surface area contributed by atoms with Crippen LogP contribution < -0.4 is 5.32 Å². The van der Waals surface area contributed by atoms with E-state index in [0.29, 0.717) is 11.9 Å². The van der Waals surface area contributed by atoms with Gasteiger partial charge in [-0.05, 0) is 31.6 Å². The molecule has 0 aliphatic heterocycles. The van der Waals surface area contributed by atoms with Gasteiger partial charge in [-0.15, -0.1) is 5.10 Å². The minimum atomic E-state index is -0.102. The van der Waals surface area contributed by atoms with Crippen molar-refractivity contribution in [1.82, 2.24) is 15.2 Å². The number of rotatable bonds is 5. The monoisotopic (exact) mass is 236 g/mol. The second-order valence-electron chi connectivity index (χ2n) is 4.61. The van der Waals surface area contributed by atoms with Gasteiger partial charge in [0.2, 0.25) is 5.95 Å². The fourth-order valence-electron chi connectivity index (χ4n) is 2.12. The first-order chi connectivity index (χ1) is 8.22. The van der Waals surface area contributed by atoms with Gasteiger partial charge in [0.05, 0.1) is 17.5 Å². The molecule has 0 radical (unpaired) electrons. The first-order valence-electron chi connectivity index (χ1n) is 6.37. The van der Waals surface area contributed by atoms with Crippen molar-refractivity contribution in [1.29, 1.82) is 0 Å². The number of aromatic nitrogens is 3. The Kier molecular flexibility index (Phi) is 3.89. The number of hydrogen-bond donors (Lipinski definition) is 2. The minimum Gasteiger partial charge on any atom is -0.393 e. The Balaban J connectivity index is 1.92. The van der Waals surface area contributed by atoms with Crippen LogP contribution in [0.4, 0.5) is 5.95 Å². The molecule has 1 aliphatic carbocycles. The molecule has 0 amide bonds. The molecule has 1 aliphatic rings. The Hall–Kier alpha value is -1.23. The smallest absolute Gasteiger partial charge is 0.242 e. The number of aliphatic hydroxyl groups excluding tert-OH is 1. The van der Waals surface area contributed by atoms with Crippen molar-refractivity contribution in [3.05, 3.63) is 11.4 Å². The van der Waals surface area contributed by atoms with Gasteiger partial charge in [0.1, 0.15) is 0 Å². The highest BCUT2D eigenvalue weighted by molar-refractivity contribution is 5.26. The first kappa shape index (κ1) is 12.2. The fraction of sp³-hybridized carbons (Fsp3) is 0.750. The average Bonchev–Trinajstić information content (AvgIpc) is 2.32. The van der Waals surface area contributed by atoms with E-state index < -0.39 is 0 Å². The van der Waals surface area contributed by atoms with Crippen LogP contribution in [0.25, 0.3) is 0 Å². The second kappa shape index (κ2) is 5.40. The zero-order chi connectivity index (χ0) is 12.3. The zero-order valence-corrected chi connectivity index (χ0v) is 10.5. The van der Waals surface area contributed by atoms with E-state index in [9.17, 15) is 5.11 Å². The molecule has 0 spiro atoms. The van der Waals surface area contributed by atoms with E-state index in [1.165, 1.54) is 0 Å². The van der Waals surface area contributed by atoms with Gasteiger partial charge in [0.15, 0.2) is 0 Å². The summed E-state index contributed by atoms with van der Waals surface area (Å²) < 4.78 is 0. The van der Waals surface area contributed by atoms with Crippen molar-refractivity contribution < 1.29 is 5.11 Å². The van der Waals surface area contributed by atoms with Crippen LogP contribution in [0.1, 0.15) is 38.1 Å². The standard InChI is InChI=1S/C12H20N4O/c1-3-10-11(4-2)15-16-12(14-10)13-7-8-5-9(17)6-8/h8-9,17H,3-7H2,1-2H3,(H,13,14,16). The normalized spacial score (nSPS) is 23.2. The molecular formula is C12H20N4O. The Morgan fingerprint density at radius 1 is 1.18 bits per heavy atom. The maximum Gasteiger partial charge on any atom is 0.242 e. The maximum absolute atomic E-state index is 9.19. The average molecular weight is 236 g/mol. The van der Waals surface area contributed by atoms with Crippen molar-refractivity contribution in [3.8, 4) is 0 Å². The molecular weight excluding hydrogens is 216 g/mol. The van der Waals surface area contributed by atoms with Gasteiger partial charge < -0.3 is 10.4 Å². The molecule has 5 heteroatoms. The Morgan fingerprint density at radius 2 is 1.88 bits per heavy atom. The predicted molar refractivity (Wildman–Crippen MR) is 65.8 cm³/mol. The van der Waals surface area contributed by atoms with E-state index >= 15 is 0 Å². The van der Waals surface area contributed by atoms with Crippen LogP contribution in [0.5, 0.6) is 0 Å². The van der Waals surface area contributed by atoms with Crippen LogP contribution in [0.2, 0.25) is 0 Å². The highest BCUT2D eigenvalue weighted by Crippen LogP contribution is 2.26. The molecule has 1 fully saturated rings. The summed E-state index contributed by atoms with van der Waals surface area (Å²) in [6, 6.07) is 0. The molecule has 1 aromatic rings. The fourth-order valence-corrected chi connectivity index (χ4v) is 2.12. The summed E-state index contributed by atoms with van der Waals surface area (Å²) >= 11 is 0. The molecule has 0 bridgehead atoms. The summed E-state index contributed by atoms with van der Waals surface area (Å²) in [7, 11) is 0. The molecule has 94 valence electrons. The molecule has 0 unspecified atom stereocenters. The van der Waals surface area contributed by atoms with Crippen molar-refractivity contribution >= 4 is 5.95 Å². The minimum absolute atomic E-state index is 0.102. The summed E-state index contributed by atoms with van der Waals surface area (Å²) in [5.74, 6) is 1.16. The largest absolute Gasteiger partial charge is 0.393 e. The molecule has 0 aromatic carbocycles. The van der Waals surface area contributed by atoms with Gasteiger partial charge in [0, 0.05) is 6.54 Å². The van der Waals surface area contributed by atoms with Crippen LogP contribution >= 0.6 is 0 Å². The highest BCUT2D eigenvalue weighted by Gasteiger charge is 2.26. The van der Waals surface area contributed by atoms with E-state index in [0.717, 1.165) is 43.6 Å². The molecule has 1 saturated carbocycles. The number of nitrogens with zero attached hydrogens (tertiary/aromatic N) is 3. The summed E-state index contributed by atoms with van der Waals surface area (Å²) in [5.41, 5.74) is 2.01. The maximum atomic E-state index is 9.19. The topological polar surface area (TPSA) is 70.9 Å². The van der Waals surface area contributed by atoms with Crippen LogP contribution in [0, 0.1) is 5.92 Å². The molecule has 2 N–H and O–H groups in total. The van der Waals surface area contributed by atoms with Gasteiger partial charge in [-0.2, -0.15) is 5.10 Å². The van der Waals surface area contributed by atoms with Crippen LogP contribution in [-0.2, 0) is 12.8 Å². The van der Waals surface area contributed by atoms with Crippen LogP contribution in [-0.4, -0.2) is 32.9 Å². The van der Waals surface area contributed by atoms with Crippen molar-refractivity contribution in [2.75, 3.05) is 11.9 Å². The molecule has 0 atom stereocenters. The number of hydrogen-bond acceptors (Lipinski definition) is 5. The summed E-state index contributed by atoms with van der Waals surface area (Å²) in [5, 5.41) is 20.6. The zero-order valence-electron chi connectivity index (χ0n) is 10.5. The Morgan fingerprint density at radius 3 is 2.47 bits per heavy atom. The van der Waals surface area contributed by atoms with E-state index in [2.05, 4.69) is 34.3 Å². The molecule has 5 nitrogen and oxygen atoms in total. The summed E-state index contributed by atoms with van der Waals surface area (Å²) in [6.07, 6.45) is 3.42. The second-order valence-corrected chi connectivity index (χ2v) is 4.61. The highest BCUT2D eigenvalue weighted by atomic mass is 16.3. The molecule has 1 aromatic heterocycles. The van der Waals surface area contributed by atoms with Gasteiger partial charge in [-0.1, -0.05) is 13.8 Å². The van der Waals surface area contributed by atoms with E-state index in [1.807, 2.05) is 0 Å². The lowest BCUT2D eigenvalue weighted by atomic mass is 9.82. The lowest BCUT2D eigenvalue weighted by Crippen LogP contribution is -2.33. The lowest BCUT2D eigenvalue weighted by Gasteiger charge is -2.31. The molecule has 1 heterocycles. The van der Waals surface area contributed by atoms with Gasteiger partial charge in [-0.3, -0.25) is 0 Å². The lowest BCUT2D eigenvalue weighted by molar-refractivity contribution is 0.0486. The van der Waals surface area contributed by atoms with Crippen molar-refractivity contribution in [2.45, 2.75) is 45.6 Å². The molecule has 17 heavy (non-hydrogen) atoms. The first-order valence-corrected chi connectivity index (χ1v) is 6.37.